The van der Waals surface area contributed by atoms with Crippen LogP contribution in [0.4, 0.5) is 0 Å². The summed E-state index contributed by atoms with van der Waals surface area (Å²) in [7, 11) is 0. The van der Waals surface area contributed by atoms with Crippen molar-refractivity contribution in [2.45, 2.75) is 13.8 Å². The van der Waals surface area contributed by atoms with Crippen molar-refractivity contribution in [3.05, 3.63) is 59.2 Å². The predicted molar refractivity (Wildman–Crippen MR) is 67.8 cm³/mol. The van der Waals surface area contributed by atoms with Crippen molar-refractivity contribution >= 4 is 16.8 Å². The van der Waals surface area contributed by atoms with E-state index in [-0.39, 0.29) is 5.78 Å². The summed E-state index contributed by atoms with van der Waals surface area (Å²) in [5.41, 5.74) is 1.58. The number of hydrogen-bond donors (Lipinski definition) is 0. The highest BCUT2D eigenvalue weighted by atomic mass is 16.4. The van der Waals surface area contributed by atoms with Crippen molar-refractivity contribution in [1.82, 2.24) is 0 Å². The van der Waals surface area contributed by atoms with Crippen LogP contribution in [-0.4, -0.2) is 5.78 Å². The zero-order valence-electron chi connectivity index (χ0n) is 10.2. The number of fused-ring (bicyclic) bond motifs is 1. The molecule has 18 heavy (non-hydrogen) atoms. The highest BCUT2D eigenvalue weighted by Crippen LogP contribution is 2.27. The van der Waals surface area contributed by atoms with Crippen LogP contribution >= 0.6 is 0 Å². The SMILES string of the molecule is Cc1ccc(C(=O)c2oc3ccccc3c2C)o1. The first-order valence-electron chi connectivity index (χ1n) is 5.76. The van der Waals surface area contributed by atoms with Gasteiger partial charge in [-0.05, 0) is 32.0 Å². The minimum atomic E-state index is -0.211. The number of rotatable bonds is 2. The fraction of sp³-hybridized carbons (Fsp3) is 0.133. The maximum atomic E-state index is 12.3. The van der Waals surface area contributed by atoms with Crippen LogP contribution in [0.3, 0.4) is 0 Å². The number of furan rings is 2. The first kappa shape index (κ1) is 10.8. The Balaban J connectivity index is 2.14. The van der Waals surface area contributed by atoms with Crippen LogP contribution in [0.5, 0.6) is 0 Å². The van der Waals surface area contributed by atoms with Gasteiger partial charge in [-0.25, -0.2) is 0 Å². The average Bonchev–Trinajstić information content (AvgIpc) is 2.94. The minimum absolute atomic E-state index is 0.211. The topological polar surface area (TPSA) is 43.4 Å². The molecule has 0 aliphatic heterocycles. The van der Waals surface area contributed by atoms with Crippen LogP contribution in [0, 0.1) is 13.8 Å². The van der Waals surface area contributed by atoms with E-state index in [1.54, 1.807) is 12.1 Å². The van der Waals surface area contributed by atoms with E-state index in [0.29, 0.717) is 17.3 Å². The van der Waals surface area contributed by atoms with Crippen LogP contribution < -0.4 is 0 Å². The van der Waals surface area contributed by atoms with E-state index < -0.39 is 0 Å². The van der Waals surface area contributed by atoms with Crippen molar-refractivity contribution in [2.75, 3.05) is 0 Å². The van der Waals surface area contributed by atoms with Crippen molar-refractivity contribution in [3.63, 3.8) is 0 Å². The second-order valence-corrected chi connectivity index (χ2v) is 4.29. The van der Waals surface area contributed by atoms with Crippen LogP contribution in [0.25, 0.3) is 11.0 Å². The molecule has 2 aromatic heterocycles. The summed E-state index contributed by atoms with van der Waals surface area (Å²) in [6.45, 7) is 3.69. The molecule has 0 atom stereocenters. The van der Waals surface area contributed by atoms with Crippen LogP contribution in [0.2, 0.25) is 0 Å². The number of carbonyl (C=O) groups excluding carboxylic acids is 1. The zero-order chi connectivity index (χ0) is 12.7. The Bertz CT molecular complexity index is 731. The first-order valence-corrected chi connectivity index (χ1v) is 5.76. The predicted octanol–water partition coefficient (Wildman–Crippen LogP) is 3.87. The van der Waals surface area contributed by atoms with Crippen LogP contribution in [0.1, 0.15) is 27.6 Å². The molecule has 0 N–H and O–H groups in total. The molecule has 0 bridgehead atoms. The molecule has 3 heteroatoms. The highest BCUT2D eigenvalue weighted by Gasteiger charge is 2.21. The summed E-state index contributed by atoms with van der Waals surface area (Å²) in [5, 5.41) is 0.962. The van der Waals surface area contributed by atoms with Gasteiger partial charge >= 0.3 is 0 Å². The molecular formula is C15H12O3. The van der Waals surface area contributed by atoms with E-state index in [1.165, 1.54) is 0 Å². The molecule has 3 aromatic rings. The molecule has 2 heterocycles. The first-order chi connectivity index (χ1) is 8.66. The lowest BCUT2D eigenvalue weighted by molar-refractivity contribution is 0.0983. The largest absolute Gasteiger partial charge is 0.458 e. The Kier molecular flexibility index (Phi) is 2.33. The monoisotopic (exact) mass is 240 g/mol. The molecule has 0 spiro atoms. The molecule has 0 amide bonds. The third kappa shape index (κ3) is 1.56. The standard InChI is InChI=1S/C15H12O3/c1-9-7-8-13(17-9)14(16)15-10(2)11-5-3-4-6-12(11)18-15/h3-8H,1-2H3. The van der Waals surface area contributed by atoms with Gasteiger partial charge in [0.15, 0.2) is 11.5 Å². The molecule has 0 unspecified atom stereocenters. The molecule has 0 radical (unpaired) electrons. The molecule has 0 saturated heterocycles. The molecule has 90 valence electrons. The lowest BCUT2D eigenvalue weighted by atomic mass is 10.1. The Morgan fingerprint density at radius 1 is 1.00 bits per heavy atom. The Morgan fingerprint density at radius 3 is 2.44 bits per heavy atom. The third-order valence-electron chi connectivity index (χ3n) is 3.01. The molecule has 3 rings (SSSR count). The molecule has 0 saturated carbocycles. The second-order valence-electron chi connectivity index (χ2n) is 4.29. The van der Waals surface area contributed by atoms with Crippen molar-refractivity contribution in [2.24, 2.45) is 0 Å². The molecule has 1 aromatic carbocycles. The maximum absolute atomic E-state index is 12.3. The third-order valence-corrected chi connectivity index (χ3v) is 3.01. The van der Waals surface area contributed by atoms with Crippen molar-refractivity contribution in [3.8, 4) is 0 Å². The number of hydrogen-bond acceptors (Lipinski definition) is 3. The molecule has 0 aliphatic carbocycles. The summed E-state index contributed by atoms with van der Waals surface area (Å²) in [5.74, 6) is 1.17. The minimum Gasteiger partial charge on any atom is -0.458 e. The highest BCUT2D eigenvalue weighted by molar-refractivity contribution is 6.08. The number of ketones is 1. The van der Waals surface area contributed by atoms with Crippen molar-refractivity contribution < 1.29 is 13.6 Å². The van der Waals surface area contributed by atoms with E-state index in [4.69, 9.17) is 8.83 Å². The van der Waals surface area contributed by atoms with Gasteiger partial charge in [0.25, 0.3) is 5.78 Å². The zero-order valence-corrected chi connectivity index (χ0v) is 10.2. The van der Waals surface area contributed by atoms with Gasteiger partial charge in [0.1, 0.15) is 11.3 Å². The van der Waals surface area contributed by atoms with E-state index >= 15 is 0 Å². The second kappa shape index (κ2) is 3.88. The summed E-state index contributed by atoms with van der Waals surface area (Å²) in [4.78, 5) is 12.3. The van der Waals surface area contributed by atoms with E-state index in [1.807, 2.05) is 38.1 Å². The fourth-order valence-corrected chi connectivity index (χ4v) is 2.06. The van der Waals surface area contributed by atoms with Gasteiger partial charge in [0.2, 0.25) is 0 Å². The number of carbonyl (C=O) groups is 1. The van der Waals surface area contributed by atoms with Crippen LogP contribution in [0.15, 0.2) is 45.2 Å². The summed E-state index contributed by atoms with van der Waals surface area (Å²) in [6.07, 6.45) is 0. The smallest absolute Gasteiger partial charge is 0.263 e. The Morgan fingerprint density at radius 2 is 1.78 bits per heavy atom. The van der Waals surface area contributed by atoms with Crippen LogP contribution in [-0.2, 0) is 0 Å². The van der Waals surface area contributed by atoms with E-state index in [9.17, 15) is 4.79 Å². The Hall–Kier alpha value is -2.29. The van der Waals surface area contributed by atoms with Gasteiger partial charge in [-0.3, -0.25) is 4.79 Å². The van der Waals surface area contributed by atoms with Gasteiger partial charge in [-0.15, -0.1) is 0 Å². The number of benzene rings is 1. The van der Waals surface area contributed by atoms with Gasteiger partial charge in [0, 0.05) is 10.9 Å². The quantitative estimate of drug-likeness (QED) is 0.638. The molecular weight excluding hydrogens is 228 g/mol. The maximum Gasteiger partial charge on any atom is 0.263 e. The average molecular weight is 240 g/mol. The van der Waals surface area contributed by atoms with Gasteiger partial charge in [-0.2, -0.15) is 0 Å². The van der Waals surface area contributed by atoms with E-state index in [0.717, 1.165) is 16.5 Å². The summed E-state index contributed by atoms with van der Waals surface area (Å²) >= 11 is 0. The summed E-state index contributed by atoms with van der Waals surface area (Å²) < 4.78 is 11.0. The normalized spacial score (nSPS) is 11.0. The molecule has 0 fully saturated rings. The lowest BCUT2D eigenvalue weighted by Gasteiger charge is -1.94. The fourth-order valence-electron chi connectivity index (χ4n) is 2.06. The molecule has 0 aliphatic rings. The van der Waals surface area contributed by atoms with Gasteiger partial charge < -0.3 is 8.83 Å². The lowest BCUT2D eigenvalue weighted by Crippen LogP contribution is -1.99. The Labute approximate surface area is 104 Å². The summed E-state index contributed by atoms with van der Waals surface area (Å²) in [6, 6.07) is 11.0. The van der Waals surface area contributed by atoms with Gasteiger partial charge in [0.05, 0.1) is 0 Å². The molecule has 3 nitrogen and oxygen atoms in total. The number of para-hydroxylation sites is 1. The van der Waals surface area contributed by atoms with E-state index in [2.05, 4.69) is 0 Å². The van der Waals surface area contributed by atoms with Crippen molar-refractivity contribution in [1.29, 1.82) is 0 Å². The van der Waals surface area contributed by atoms with Gasteiger partial charge in [-0.1, -0.05) is 18.2 Å². The number of aryl methyl sites for hydroxylation is 2.